The van der Waals surface area contributed by atoms with Gasteiger partial charge in [0.15, 0.2) is 6.10 Å². The number of primary amides is 1. The van der Waals surface area contributed by atoms with E-state index in [0.717, 1.165) is 12.8 Å². The summed E-state index contributed by atoms with van der Waals surface area (Å²) in [5, 5.41) is 19.2. The maximum Gasteiger partial charge on any atom is 0.249 e. The molecule has 0 aliphatic rings. The Labute approximate surface area is 125 Å². The maximum atomic E-state index is 10.8. The molecule has 0 aliphatic heterocycles. The molecule has 0 saturated heterocycles. The van der Waals surface area contributed by atoms with Crippen molar-refractivity contribution in [2.45, 2.75) is 51.2 Å². The third-order valence-electron chi connectivity index (χ3n) is 3.33. The highest BCUT2D eigenvalue weighted by Crippen LogP contribution is 2.20. The molecule has 0 fully saturated rings. The summed E-state index contributed by atoms with van der Waals surface area (Å²) in [6.45, 7) is 2.84. The normalized spacial score (nSPS) is 13.7. The molecule has 0 aromatic heterocycles. The van der Waals surface area contributed by atoms with Gasteiger partial charge in [-0.25, -0.2) is 0 Å². The van der Waals surface area contributed by atoms with E-state index in [0.29, 0.717) is 17.9 Å². The van der Waals surface area contributed by atoms with Gasteiger partial charge in [0.1, 0.15) is 11.9 Å². The van der Waals surface area contributed by atoms with Gasteiger partial charge in [-0.2, -0.15) is 0 Å². The van der Waals surface area contributed by atoms with E-state index in [1.807, 2.05) is 0 Å². The highest BCUT2D eigenvalue weighted by atomic mass is 16.5. The van der Waals surface area contributed by atoms with Gasteiger partial charge in [0.05, 0.1) is 6.61 Å². The molecule has 118 valence electrons. The first-order valence-electron chi connectivity index (χ1n) is 7.44. The Balaban J connectivity index is 2.38. The zero-order chi connectivity index (χ0) is 15.7. The first-order chi connectivity index (χ1) is 10.1. The molecule has 0 heterocycles. The topological polar surface area (TPSA) is 92.8 Å². The quantitative estimate of drug-likeness (QED) is 0.575. The summed E-state index contributed by atoms with van der Waals surface area (Å²) >= 11 is 0. The van der Waals surface area contributed by atoms with Crippen LogP contribution >= 0.6 is 0 Å². The molecular weight excluding hydrogens is 270 g/mol. The Morgan fingerprint density at radius 3 is 2.33 bits per heavy atom. The Kier molecular flexibility index (Phi) is 7.79. The van der Waals surface area contributed by atoms with Crippen molar-refractivity contribution < 1.29 is 19.7 Å². The van der Waals surface area contributed by atoms with E-state index in [2.05, 4.69) is 6.92 Å². The number of unbranched alkanes of at least 4 members (excludes halogenated alkanes) is 4. The van der Waals surface area contributed by atoms with Crippen LogP contribution in [0.15, 0.2) is 24.3 Å². The second-order valence-corrected chi connectivity index (χ2v) is 5.12. The SMILES string of the molecule is CCCCCCCOc1ccc(C(O)C(O)C(N)=O)cc1. The van der Waals surface area contributed by atoms with Crippen LogP contribution in [0.3, 0.4) is 0 Å². The van der Waals surface area contributed by atoms with E-state index in [4.69, 9.17) is 10.5 Å². The van der Waals surface area contributed by atoms with Crippen molar-refractivity contribution in [2.75, 3.05) is 6.61 Å². The smallest absolute Gasteiger partial charge is 0.249 e. The van der Waals surface area contributed by atoms with Crippen LogP contribution < -0.4 is 10.5 Å². The molecule has 1 amide bonds. The van der Waals surface area contributed by atoms with Gasteiger partial charge in [0, 0.05) is 0 Å². The number of hydrogen-bond acceptors (Lipinski definition) is 4. The molecule has 1 aromatic rings. The molecule has 5 heteroatoms. The molecule has 2 atom stereocenters. The summed E-state index contributed by atoms with van der Waals surface area (Å²) in [6.07, 6.45) is 2.98. The van der Waals surface area contributed by atoms with E-state index in [9.17, 15) is 15.0 Å². The number of aliphatic hydroxyl groups excluding tert-OH is 2. The van der Waals surface area contributed by atoms with Gasteiger partial charge in [-0.1, -0.05) is 44.7 Å². The van der Waals surface area contributed by atoms with Crippen molar-refractivity contribution in [3.05, 3.63) is 29.8 Å². The number of nitrogens with two attached hydrogens (primary N) is 1. The maximum absolute atomic E-state index is 10.8. The average Bonchev–Trinajstić information content (AvgIpc) is 2.49. The Hall–Kier alpha value is -1.59. The molecule has 0 spiro atoms. The zero-order valence-corrected chi connectivity index (χ0v) is 12.5. The Morgan fingerprint density at radius 1 is 1.14 bits per heavy atom. The molecule has 21 heavy (non-hydrogen) atoms. The lowest BCUT2D eigenvalue weighted by Gasteiger charge is -2.15. The second-order valence-electron chi connectivity index (χ2n) is 5.12. The molecule has 4 N–H and O–H groups in total. The minimum Gasteiger partial charge on any atom is -0.494 e. The number of rotatable bonds is 10. The van der Waals surface area contributed by atoms with Gasteiger partial charge < -0.3 is 20.7 Å². The fourth-order valence-electron chi connectivity index (χ4n) is 1.99. The molecule has 2 unspecified atom stereocenters. The molecule has 0 radical (unpaired) electrons. The van der Waals surface area contributed by atoms with Crippen LogP contribution in [0.5, 0.6) is 5.75 Å². The molecule has 0 bridgehead atoms. The van der Waals surface area contributed by atoms with Crippen molar-refractivity contribution in [2.24, 2.45) is 5.73 Å². The number of carbonyl (C=O) groups is 1. The first-order valence-corrected chi connectivity index (χ1v) is 7.44. The van der Waals surface area contributed by atoms with Crippen molar-refractivity contribution in [1.29, 1.82) is 0 Å². The number of carbonyl (C=O) groups excluding carboxylic acids is 1. The van der Waals surface area contributed by atoms with Gasteiger partial charge in [-0.15, -0.1) is 0 Å². The van der Waals surface area contributed by atoms with Gasteiger partial charge in [0.2, 0.25) is 5.91 Å². The number of ether oxygens (including phenoxy) is 1. The van der Waals surface area contributed by atoms with E-state index in [-0.39, 0.29) is 0 Å². The largest absolute Gasteiger partial charge is 0.494 e. The lowest BCUT2D eigenvalue weighted by molar-refractivity contribution is -0.131. The summed E-state index contributed by atoms with van der Waals surface area (Å²) in [5.74, 6) is -0.245. The van der Waals surface area contributed by atoms with Crippen LogP contribution in [-0.4, -0.2) is 28.8 Å². The zero-order valence-electron chi connectivity index (χ0n) is 12.5. The number of amides is 1. The lowest BCUT2D eigenvalue weighted by Crippen LogP contribution is -2.33. The minimum absolute atomic E-state index is 0.427. The van der Waals surface area contributed by atoms with E-state index < -0.39 is 18.1 Å². The van der Waals surface area contributed by atoms with Gasteiger partial charge >= 0.3 is 0 Å². The number of benzene rings is 1. The predicted octanol–water partition coefficient (Wildman–Crippen LogP) is 1.92. The van der Waals surface area contributed by atoms with Crippen LogP contribution in [0.4, 0.5) is 0 Å². The fourth-order valence-corrected chi connectivity index (χ4v) is 1.99. The van der Waals surface area contributed by atoms with Gasteiger partial charge in [-0.05, 0) is 24.1 Å². The van der Waals surface area contributed by atoms with E-state index >= 15 is 0 Å². The summed E-state index contributed by atoms with van der Waals surface area (Å²) in [5.41, 5.74) is 5.37. The second kappa shape index (κ2) is 9.37. The predicted molar refractivity (Wildman–Crippen MR) is 80.9 cm³/mol. The fraction of sp³-hybridized carbons (Fsp3) is 0.562. The van der Waals surface area contributed by atoms with Crippen molar-refractivity contribution in [3.63, 3.8) is 0 Å². The van der Waals surface area contributed by atoms with E-state index in [1.165, 1.54) is 19.3 Å². The molecule has 1 aromatic carbocycles. The summed E-state index contributed by atoms with van der Waals surface area (Å²) in [7, 11) is 0. The van der Waals surface area contributed by atoms with Crippen LogP contribution in [0.2, 0.25) is 0 Å². The molecule has 1 rings (SSSR count). The summed E-state index contributed by atoms with van der Waals surface area (Å²) < 4.78 is 5.59. The van der Waals surface area contributed by atoms with Crippen LogP contribution in [0, 0.1) is 0 Å². The highest BCUT2D eigenvalue weighted by molar-refractivity contribution is 5.79. The van der Waals surface area contributed by atoms with Gasteiger partial charge in [-0.3, -0.25) is 4.79 Å². The minimum atomic E-state index is -1.60. The third kappa shape index (κ3) is 6.14. The van der Waals surface area contributed by atoms with Crippen LogP contribution in [0.25, 0.3) is 0 Å². The van der Waals surface area contributed by atoms with Crippen molar-refractivity contribution in [1.82, 2.24) is 0 Å². The average molecular weight is 295 g/mol. The highest BCUT2D eigenvalue weighted by Gasteiger charge is 2.23. The number of hydrogen-bond donors (Lipinski definition) is 3. The third-order valence-corrected chi connectivity index (χ3v) is 3.33. The first kappa shape index (κ1) is 17.5. The van der Waals surface area contributed by atoms with Crippen molar-refractivity contribution >= 4 is 5.91 Å². The lowest BCUT2D eigenvalue weighted by atomic mass is 10.0. The summed E-state index contributed by atoms with van der Waals surface area (Å²) in [4.78, 5) is 10.8. The molecule has 5 nitrogen and oxygen atoms in total. The monoisotopic (exact) mass is 295 g/mol. The van der Waals surface area contributed by atoms with Crippen molar-refractivity contribution in [3.8, 4) is 5.75 Å². The van der Waals surface area contributed by atoms with E-state index in [1.54, 1.807) is 24.3 Å². The molecule has 0 saturated carbocycles. The Morgan fingerprint density at radius 2 is 1.76 bits per heavy atom. The molecular formula is C16H25NO4. The molecule has 0 aliphatic carbocycles. The standard InChI is InChI=1S/C16H25NO4/c1-2-3-4-5-6-11-21-13-9-7-12(8-10-13)14(18)15(19)16(17)20/h7-10,14-15,18-19H,2-6,11H2,1H3,(H2,17,20). The van der Waals surface area contributed by atoms with Gasteiger partial charge in [0.25, 0.3) is 0 Å². The Bertz CT molecular complexity index is 419. The van der Waals surface area contributed by atoms with Crippen LogP contribution in [-0.2, 0) is 4.79 Å². The number of aliphatic hydroxyl groups is 2. The summed E-state index contributed by atoms with van der Waals surface area (Å²) in [6, 6.07) is 6.64. The van der Waals surface area contributed by atoms with Crippen LogP contribution in [0.1, 0.15) is 50.7 Å².